The third-order valence-corrected chi connectivity index (χ3v) is 9.46. The molecule has 0 saturated heterocycles. The fourth-order valence-corrected chi connectivity index (χ4v) is 7.38. The van der Waals surface area contributed by atoms with Crippen molar-refractivity contribution in [2.24, 2.45) is 11.3 Å². The molecule has 184 valence electrons. The zero-order chi connectivity index (χ0) is 24.4. The second-order valence-electron chi connectivity index (χ2n) is 7.63. The van der Waals surface area contributed by atoms with Gasteiger partial charge in [-0.2, -0.15) is 8.62 Å². The highest BCUT2D eigenvalue weighted by molar-refractivity contribution is 7.66. The van der Waals surface area contributed by atoms with Crippen molar-refractivity contribution in [2.45, 2.75) is 24.7 Å². The van der Waals surface area contributed by atoms with Crippen LogP contribution in [0.1, 0.15) is 12.5 Å². The minimum absolute atomic E-state index is 0.245. The number of aromatic nitrogens is 4. The lowest BCUT2D eigenvalue weighted by Gasteiger charge is -2.24. The Morgan fingerprint density at radius 1 is 1.12 bits per heavy atom. The Balaban J connectivity index is 1.51. The molecule has 0 aliphatic heterocycles. The molecule has 0 bridgehead atoms. The van der Waals surface area contributed by atoms with Crippen molar-refractivity contribution in [1.29, 1.82) is 0 Å². The molecular weight excluding hydrogens is 511 g/mol. The van der Waals surface area contributed by atoms with E-state index in [1.165, 1.54) is 12.7 Å². The van der Waals surface area contributed by atoms with Gasteiger partial charge in [-0.3, -0.25) is 4.52 Å². The first-order valence-corrected chi connectivity index (χ1v) is 13.7. The van der Waals surface area contributed by atoms with Crippen molar-refractivity contribution in [2.75, 3.05) is 19.0 Å². The largest absolute Gasteiger partial charge is 0.490 e. The van der Waals surface area contributed by atoms with E-state index in [4.69, 9.17) is 14.3 Å². The smallest absolute Gasteiger partial charge is 0.390 e. The van der Waals surface area contributed by atoms with Crippen LogP contribution in [0.3, 0.4) is 0 Å². The van der Waals surface area contributed by atoms with E-state index in [1.807, 2.05) is 0 Å². The summed E-state index contributed by atoms with van der Waals surface area (Å²) in [6.45, 7) is -0.681. The molecule has 0 radical (unpaired) electrons. The van der Waals surface area contributed by atoms with Crippen LogP contribution in [0.15, 0.2) is 12.7 Å². The van der Waals surface area contributed by atoms with Crippen LogP contribution in [-0.2, 0) is 26.8 Å². The van der Waals surface area contributed by atoms with Gasteiger partial charge < -0.3 is 39.7 Å². The number of aliphatic hydroxyl groups is 2. The standard InChI is InChI=1S/C13H20N5O12P3/c1-14-11-7-12(16-4-15-11)18(5-17-7)8-6-2-13(6,10(20)9(8)19)3-28-32(24,25)30-33(26,27)29-31(21,22)23/h4-6,8-10,19-20H,2-3H2,1H3,(H,24,25)(H,26,27)(H,14,15,16)(H2,21,22,23)/t6?,8-,9+,10+,13+/m1/s1. The minimum atomic E-state index is -5.67. The summed E-state index contributed by atoms with van der Waals surface area (Å²) in [7, 11) is -14.9. The minimum Gasteiger partial charge on any atom is -0.390 e. The summed E-state index contributed by atoms with van der Waals surface area (Å²) in [5.74, 6) is -0.0123. The molecule has 2 heterocycles. The van der Waals surface area contributed by atoms with E-state index < -0.39 is 59.7 Å². The Kier molecular flexibility index (Phi) is 6.10. The van der Waals surface area contributed by atoms with E-state index in [2.05, 4.69) is 28.9 Å². The summed E-state index contributed by atoms with van der Waals surface area (Å²) in [6, 6.07) is -0.728. The van der Waals surface area contributed by atoms with Crippen LogP contribution in [0.25, 0.3) is 11.2 Å². The summed E-state index contributed by atoms with van der Waals surface area (Å²) in [5.41, 5.74) is -0.403. The maximum atomic E-state index is 12.0. The zero-order valence-corrected chi connectivity index (χ0v) is 19.3. The topological polar surface area (TPSA) is 256 Å². The van der Waals surface area contributed by atoms with Crippen LogP contribution in [0.5, 0.6) is 0 Å². The summed E-state index contributed by atoms with van der Waals surface area (Å²) in [5, 5.41) is 24.1. The molecule has 20 heteroatoms. The highest BCUT2D eigenvalue weighted by Gasteiger charge is 2.72. The monoisotopic (exact) mass is 531 g/mol. The second kappa shape index (κ2) is 8.12. The van der Waals surface area contributed by atoms with Gasteiger partial charge in [-0.1, -0.05) is 0 Å². The van der Waals surface area contributed by atoms with E-state index in [1.54, 1.807) is 11.6 Å². The number of nitrogens with zero attached hydrogens (tertiary/aromatic N) is 4. The molecule has 0 aromatic carbocycles. The summed E-state index contributed by atoms with van der Waals surface area (Å²) in [6.07, 6.45) is 0.202. The third-order valence-electron chi connectivity index (χ3n) is 5.68. The lowest BCUT2D eigenvalue weighted by atomic mass is 10.0. The quantitative estimate of drug-likeness (QED) is 0.201. The van der Waals surface area contributed by atoms with Gasteiger partial charge in [0.2, 0.25) is 0 Å². The fourth-order valence-electron chi connectivity index (χ4n) is 4.28. The Morgan fingerprint density at radius 3 is 2.45 bits per heavy atom. The van der Waals surface area contributed by atoms with E-state index >= 15 is 0 Å². The number of hydrogen-bond acceptors (Lipinski definition) is 12. The predicted octanol–water partition coefficient (Wildman–Crippen LogP) is -0.506. The van der Waals surface area contributed by atoms with Crippen molar-refractivity contribution < 1.29 is 56.6 Å². The molecule has 0 amide bonds. The molecule has 0 spiro atoms. The molecule has 17 nitrogen and oxygen atoms in total. The molecule has 2 saturated carbocycles. The number of anilines is 1. The number of hydrogen-bond donors (Lipinski definition) is 7. The van der Waals surface area contributed by atoms with Gasteiger partial charge in [0, 0.05) is 12.5 Å². The second-order valence-corrected chi connectivity index (χ2v) is 12.1. The maximum Gasteiger partial charge on any atom is 0.490 e. The number of phosphoric ester groups is 1. The molecular formula is C13H20N5O12P3. The summed E-state index contributed by atoms with van der Waals surface area (Å²) >= 11 is 0. The van der Waals surface area contributed by atoms with Gasteiger partial charge in [0.15, 0.2) is 11.5 Å². The maximum absolute atomic E-state index is 12.0. The van der Waals surface area contributed by atoms with Crippen molar-refractivity contribution in [1.82, 2.24) is 19.5 Å². The van der Waals surface area contributed by atoms with Gasteiger partial charge >= 0.3 is 23.5 Å². The van der Waals surface area contributed by atoms with E-state index in [-0.39, 0.29) is 6.42 Å². The van der Waals surface area contributed by atoms with Gasteiger partial charge in [-0.15, -0.1) is 0 Å². The van der Waals surface area contributed by atoms with Gasteiger partial charge in [-0.05, 0) is 12.3 Å². The fraction of sp³-hybridized carbons (Fsp3) is 0.615. The Bertz CT molecular complexity index is 1220. The van der Waals surface area contributed by atoms with E-state index in [0.717, 1.165) is 0 Å². The van der Waals surface area contributed by atoms with Gasteiger partial charge in [0.1, 0.15) is 17.9 Å². The number of rotatable bonds is 9. The predicted molar refractivity (Wildman–Crippen MR) is 106 cm³/mol. The molecule has 3 unspecified atom stereocenters. The molecule has 4 rings (SSSR count). The van der Waals surface area contributed by atoms with Crippen LogP contribution in [0.2, 0.25) is 0 Å². The molecule has 2 aromatic heterocycles. The van der Waals surface area contributed by atoms with Crippen LogP contribution in [-0.4, -0.2) is 75.2 Å². The van der Waals surface area contributed by atoms with Gasteiger partial charge in [-0.25, -0.2) is 28.6 Å². The lowest BCUT2D eigenvalue weighted by molar-refractivity contribution is -0.0297. The number of aliphatic hydroxyl groups excluding tert-OH is 2. The first-order chi connectivity index (χ1) is 15.2. The van der Waals surface area contributed by atoms with Gasteiger partial charge in [0.25, 0.3) is 0 Å². The molecule has 7 atom stereocenters. The SMILES string of the molecule is CNc1ncnc2c1ncn2[C@@H]1C2C[C@@]2(COP(=O)(O)OP(=O)(O)OP(=O)(O)O)[C@@H](O)[C@H]1O. The number of phosphoric acid groups is 3. The number of imidazole rings is 1. The highest BCUT2D eigenvalue weighted by Crippen LogP contribution is 2.71. The average Bonchev–Trinajstić information content (AvgIpc) is 3.17. The van der Waals surface area contributed by atoms with Crippen molar-refractivity contribution in [3.63, 3.8) is 0 Å². The third kappa shape index (κ3) is 4.65. The lowest BCUT2D eigenvalue weighted by Crippen LogP contribution is -2.35. The molecule has 7 N–H and O–H groups in total. The van der Waals surface area contributed by atoms with Crippen molar-refractivity contribution in [3.05, 3.63) is 12.7 Å². The first kappa shape index (κ1) is 24.8. The van der Waals surface area contributed by atoms with Crippen LogP contribution in [0, 0.1) is 11.3 Å². The molecule has 2 aliphatic carbocycles. The Labute approximate surface area is 184 Å². The zero-order valence-electron chi connectivity index (χ0n) is 16.6. The van der Waals surface area contributed by atoms with Crippen LogP contribution in [0.4, 0.5) is 5.82 Å². The normalized spacial score (nSPS) is 32.8. The van der Waals surface area contributed by atoms with Gasteiger partial charge in [0.05, 0.1) is 25.1 Å². The first-order valence-electron chi connectivity index (χ1n) is 9.19. The number of fused-ring (bicyclic) bond motifs is 2. The van der Waals surface area contributed by atoms with E-state index in [0.29, 0.717) is 17.0 Å². The van der Waals surface area contributed by atoms with Crippen LogP contribution >= 0.6 is 23.5 Å². The Morgan fingerprint density at radius 2 is 1.82 bits per heavy atom. The van der Waals surface area contributed by atoms with E-state index in [9.17, 15) is 33.7 Å². The summed E-state index contributed by atoms with van der Waals surface area (Å²) < 4.78 is 47.8. The molecule has 33 heavy (non-hydrogen) atoms. The molecule has 2 aliphatic rings. The van der Waals surface area contributed by atoms with Crippen molar-refractivity contribution >= 4 is 40.4 Å². The van der Waals surface area contributed by atoms with Crippen LogP contribution < -0.4 is 5.32 Å². The number of nitrogens with one attached hydrogen (secondary N) is 1. The summed E-state index contributed by atoms with van der Waals surface area (Å²) in [4.78, 5) is 48.5. The van der Waals surface area contributed by atoms with Crippen molar-refractivity contribution in [3.8, 4) is 0 Å². The molecule has 2 aromatic rings. The highest BCUT2D eigenvalue weighted by atomic mass is 31.3. The Hall–Kier alpha value is -1.32. The average molecular weight is 531 g/mol. The molecule has 2 fully saturated rings.